The molecule has 1 saturated carbocycles. The predicted octanol–water partition coefficient (Wildman–Crippen LogP) is 1.74. The molecule has 0 heterocycles. The van der Waals surface area contributed by atoms with E-state index < -0.39 is 0 Å². The van der Waals surface area contributed by atoms with E-state index in [0.717, 1.165) is 31.4 Å². The predicted molar refractivity (Wildman–Crippen MR) is 80.8 cm³/mol. The van der Waals surface area contributed by atoms with E-state index in [9.17, 15) is 9.90 Å². The van der Waals surface area contributed by atoms with Crippen LogP contribution in [0.15, 0.2) is 18.2 Å². The number of carbonyl (C=O) groups excluding carboxylic acids is 1. The van der Waals surface area contributed by atoms with Gasteiger partial charge in [-0.25, -0.2) is 0 Å². The highest BCUT2D eigenvalue weighted by atomic mass is 16.3. The molecule has 5 nitrogen and oxygen atoms in total. The monoisotopic (exact) mass is 277 g/mol. The Morgan fingerprint density at radius 1 is 1.40 bits per heavy atom. The average molecular weight is 277 g/mol. The van der Waals surface area contributed by atoms with Gasteiger partial charge in [0.05, 0.1) is 23.5 Å². The molecule has 1 amide bonds. The number of amides is 1. The van der Waals surface area contributed by atoms with Crippen LogP contribution in [0.1, 0.15) is 43.0 Å². The minimum atomic E-state index is -0.263. The van der Waals surface area contributed by atoms with Gasteiger partial charge in [-0.3, -0.25) is 4.79 Å². The highest BCUT2D eigenvalue weighted by molar-refractivity contribution is 5.96. The highest BCUT2D eigenvalue weighted by Crippen LogP contribution is 2.34. The zero-order chi connectivity index (χ0) is 14.6. The van der Waals surface area contributed by atoms with Crippen molar-refractivity contribution < 1.29 is 9.90 Å². The van der Waals surface area contributed by atoms with Crippen molar-refractivity contribution in [3.05, 3.63) is 23.8 Å². The first-order valence-electron chi connectivity index (χ1n) is 7.17. The third kappa shape index (κ3) is 3.04. The van der Waals surface area contributed by atoms with Crippen molar-refractivity contribution in [2.24, 2.45) is 0 Å². The van der Waals surface area contributed by atoms with Crippen LogP contribution < -0.4 is 16.4 Å². The van der Waals surface area contributed by atoms with Gasteiger partial charge < -0.3 is 21.5 Å². The fourth-order valence-electron chi connectivity index (χ4n) is 2.74. The van der Waals surface area contributed by atoms with Crippen LogP contribution in [0.4, 0.5) is 11.4 Å². The average Bonchev–Trinajstić information content (AvgIpc) is 2.90. The molecule has 2 rings (SSSR count). The lowest BCUT2D eigenvalue weighted by atomic mass is 9.98. The van der Waals surface area contributed by atoms with Gasteiger partial charge in [-0.1, -0.05) is 12.8 Å². The Labute approximate surface area is 119 Å². The molecule has 1 aliphatic carbocycles. The standard InChI is InChI=1S/C15H23N3O2/c1-2-17-14(20)11-5-6-13(12(16)9-11)18-15(10-19)7-3-4-8-15/h5-6,9,18-19H,2-4,7-8,10,16H2,1H3,(H,17,20). The number of nitrogens with two attached hydrogens (primary N) is 1. The Kier molecular flexibility index (Phi) is 4.49. The molecule has 1 aromatic carbocycles. The molecular formula is C15H23N3O2. The van der Waals surface area contributed by atoms with Crippen LogP contribution >= 0.6 is 0 Å². The van der Waals surface area contributed by atoms with Crippen LogP contribution in [0, 0.1) is 0 Å². The number of benzene rings is 1. The minimum Gasteiger partial charge on any atom is -0.397 e. The van der Waals surface area contributed by atoms with E-state index in [4.69, 9.17) is 5.73 Å². The smallest absolute Gasteiger partial charge is 0.251 e. The van der Waals surface area contributed by atoms with E-state index in [1.807, 2.05) is 13.0 Å². The van der Waals surface area contributed by atoms with E-state index in [1.165, 1.54) is 0 Å². The number of hydrogen-bond acceptors (Lipinski definition) is 4. The van der Waals surface area contributed by atoms with E-state index in [1.54, 1.807) is 12.1 Å². The summed E-state index contributed by atoms with van der Waals surface area (Å²) in [6.07, 6.45) is 4.12. The Bertz CT molecular complexity index is 482. The lowest BCUT2D eigenvalue weighted by Crippen LogP contribution is -2.39. The molecular weight excluding hydrogens is 254 g/mol. The molecule has 0 radical (unpaired) electrons. The Balaban J connectivity index is 2.15. The molecule has 0 unspecified atom stereocenters. The van der Waals surface area contributed by atoms with E-state index in [0.29, 0.717) is 17.8 Å². The summed E-state index contributed by atoms with van der Waals surface area (Å²) in [5, 5.41) is 15.7. The first-order chi connectivity index (χ1) is 9.60. The zero-order valence-corrected chi connectivity index (χ0v) is 11.9. The van der Waals surface area contributed by atoms with Crippen LogP contribution in [0.5, 0.6) is 0 Å². The SMILES string of the molecule is CCNC(=O)c1ccc(NC2(CO)CCCC2)c(N)c1. The maximum absolute atomic E-state index is 11.7. The van der Waals surface area contributed by atoms with Gasteiger partial charge >= 0.3 is 0 Å². The zero-order valence-electron chi connectivity index (χ0n) is 11.9. The number of rotatable bonds is 5. The quantitative estimate of drug-likeness (QED) is 0.617. The van der Waals surface area contributed by atoms with Crippen molar-refractivity contribution in [2.75, 3.05) is 24.2 Å². The molecule has 0 aromatic heterocycles. The Morgan fingerprint density at radius 3 is 2.65 bits per heavy atom. The van der Waals surface area contributed by atoms with E-state index in [-0.39, 0.29) is 18.1 Å². The summed E-state index contributed by atoms with van der Waals surface area (Å²) in [7, 11) is 0. The molecule has 0 spiro atoms. The first-order valence-corrected chi connectivity index (χ1v) is 7.17. The van der Waals surface area contributed by atoms with Gasteiger partial charge in [0.15, 0.2) is 0 Å². The van der Waals surface area contributed by atoms with Crippen LogP contribution in [-0.2, 0) is 0 Å². The van der Waals surface area contributed by atoms with Crippen molar-refractivity contribution in [1.29, 1.82) is 0 Å². The topological polar surface area (TPSA) is 87.4 Å². The molecule has 1 fully saturated rings. The molecule has 5 heteroatoms. The van der Waals surface area contributed by atoms with Gasteiger partial charge in [0, 0.05) is 12.1 Å². The van der Waals surface area contributed by atoms with Crippen molar-refractivity contribution in [3.8, 4) is 0 Å². The van der Waals surface area contributed by atoms with Crippen LogP contribution in [-0.4, -0.2) is 29.7 Å². The molecule has 5 N–H and O–H groups in total. The van der Waals surface area contributed by atoms with Crippen LogP contribution in [0.25, 0.3) is 0 Å². The van der Waals surface area contributed by atoms with Gasteiger partial charge in [-0.05, 0) is 38.0 Å². The molecule has 1 aliphatic rings. The molecule has 0 saturated heterocycles. The molecule has 20 heavy (non-hydrogen) atoms. The fraction of sp³-hybridized carbons (Fsp3) is 0.533. The van der Waals surface area contributed by atoms with Gasteiger partial charge in [0.2, 0.25) is 0 Å². The summed E-state index contributed by atoms with van der Waals surface area (Å²) >= 11 is 0. The lowest BCUT2D eigenvalue weighted by molar-refractivity contribution is 0.0956. The van der Waals surface area contributed by atoms with Crippen molar-refractivity contribution in [3.63, 3.8) is 0 Å². The molecule has 1 aromatic rings. The number of aliphatic hydroxyl groups excluding tert-OH is 1. The summed E-state index contributed by atoms with van der Waals surface area (Å²) in [5.74, 6) is -0.122. The number of aliphatic hydroxyl groups is 1. The van der Waals surface area contributed by atoms with Gasteiger partial charge in [0.1, 0.15) is 0 Å². The summed E-state index contributed by atoms with van der Waals surface area (Å²) in [4.78, 5) is 11.7. The van der Waals surface area contributed by atoms with Crippen molar-refractivity contribution in [2.45, 2.75) is 38.1 Å². The van der Waals surface area contributed by atoms with Gasteiger partial charge in [-0.15, -0.1) is 0 Å². The van der Waals surface area contributed by atoms with Crippen molar-refractivity contribution >= 4 is 17.3 Å². The maximum atomic E-state index is 11.7. The molecule has 0 aliphatic heterocycles. The largest absolute Gasteiger partial charge is 0.397 e. The van der Waals surface area contributed by atoms with Crippen LogP contribution in [0.2, 0.25) is 0 Å². The van der Waals surface area contributed by atoms with Crippen LogP contribution in [0.3, 0.4) is 0 Å². The Morgan fingerprint density at radius 2 is 2.10 bits per heavy atom. The molecule has 110 valence electrons. The second-order valence-electron chi connectivity index (χ2n) is 5.43. The van der Waals surface area contributed by atoms with Crippen molar-refractivity contribution in [1.82, 2.24) is 5.32 Å². The second kappa shape index (κ2) is 6.13. The third-order valence-corrected chi connectivity index (χ3v) is 3.91. The van der Waals surface area contributed by atoms with E-state index >= 15 is 0 Å². The van der Waals surface area contributed by atoms with Gasteiger partial charge in [-0.2, -0.15) is 0 Å². The fourth-order valence-corrected chi connectivity index (χ4v) is 2.74. The number of carbonyl (C=O) groups is 1. The summed E-state index contributed by atoms with van der Waals surface area (Å²) in [5.41, 5.74) is 7.64. The summed E-state index contributed by atoms with van der Waals surface area (Å²) < 4.78 is 0. The highest BCUT2D eigenvalue weighted by Gasteiger charge is 2.33. The summed E-state index contributed by atoms with van der Waals surface area (Å²) in [6, 6.07) is 5.24. The maximum Gasteiger partial charge on any atom is 0.251 e. The third-order valence-electron chi connectivity index (χ3n) is 3.91. The minimum absolute atomic E-state index is 0.102. The number of hydrogen-bond donors (Lipinski definition) is 4. The Hall–Kier alpha value is -1.75. The lowest BCUT2D eigenvalue weighted by Gasteiger charge is -2.30. The molecule has 0 atom stereocenters. The second-order valence-corrected chi connectivity index (χ2v) is 5.43. The number of nitrogen functional groups attached to an aromatic ring is 1. The normalized spacial score (nSPS) is 16.9. The molecule has 0 bridgehead atoms. The summed E-state index contributed by atoms with van der Waals surface area (Å²) in [6.45, 7) is 2.57. The number of anilines is 2. The van der Waals surface area contributed by atoms with Gasteiger partial charge in [0.25, 0.3) is 5.91 Å². The van der Waals surface area contributed by atoms with E-state index in [2.05, 4.69) is 10.6 Å². The number of nitrogens with one attached hydrogen (secondary N) is 2. The first kappa shape index (κ1) is 14.7.